The molecule has 1 aromatic rings. The second-order valence-electron chi connectivity index (χ2n) is 4.55. The second kappa shape index (κ2) is 8.07. The quantitative estimate of drug-likeness (QED) is 0.716. The van der Waals surface area contributed by atoms with Crippen LogP contribution in [0.2, 0.25) is 0 Å². The van der Waals surface area contributed by atoms with Crippen LogP contribution in [-0.2, 0) is 4.79 Å². The van der Waals surface area contributed by atoms with Crippen LogP contribution in [0, 0.1) is 13.8 Å². The maximum atomic E-state index is 10.5. The fourth-order valence-corrected chi connectivity index (χ4v) is 2.53. The third kappa shape index (κ3) is 6.50. The number of ether oxygens (including phenoxy) is 1. The van der Waals surface area contributed by atoms with E-state index in [4.69, 9.17) is 15.6 Å². The third-order valence-corrected chi connectivity index (χ3v) is 3.68. The van der Waals surface area contributed by atoms with Gasteiger partial charge in [0, 0.05) is 5.75 Å². The molecule has 0 amide bonds. The molecule has 0 unspecified atom stereocenters. The normalized spacial score (nSPS) is 12.2. The van der Waals surface area contributed by atoms with E-state index >= 15 is 0 Å². The highest BCUT2D eigenvalue weighted by Crippen LogP contribution is 2.16. The van der Waals surface area contributed by atoms with Crippen LogP contribution in [0.3, 0.4) is 0 Å². The summed E-state index contributed by atoms with van der Waals surface area (Å²) >= 11 is 1.55. The van der Waals surface area contributed by atoms with Crippen LogP contribution in [0.5, 0.6) is 5.75 Å². The molecule has 0 fully saturated rings. The highest BCUT2D eigenvalue weighted by molar-refractivity contribution is 7.99. The van der Waals surface area contributed by atoms with E-state index in [1.165, 1.54) is 11.1 Å². The molecule has 5 heteroatoms. The predicted octanol–water partition coefficient (Wildman–Crippen LogP) is 2.22. The van der Waals surface area contributed by atoms with Crippen LogP contribution in [0.15, 0.2) is 18.2 Å². The Morgan fingerprint density at radius 2 is 2.00 bits per heavy atom. The lowest BCUT2D eigenvalue weighted by atomic mass is 10.1. The van der Waals surface area contributed by atoms with Gasteiger partial charge in [-0.15, -0.1) is 0 Å². The van der Waals surface area contributed by atoms with Crippen molar-refractivity contribution in [3.8, 4) is 5.75 Å². The number of carbonyl (C=O) groups is 1. The van der Waals surface area contributed by atoms with E-state index in [0.717, 1.165) is 17.9 Å². The van der Waals surface area contributed by atoms with Crippen LogP contribution < -0.4 is 10.5 Å². The van der Waals surface area contributed by atoms with Gasteiger partial charge in [0.1, 0.15) is 11.8 Å². The van der Waals surface area contributed by atoms with E-state index < -0.39 is 12.0 Å². The Morgan fingerprint density at radius 1 is 1.37 bits per heavy atom. The summed E-state index contributed by atoms with van der Waals surface area (Å²) in [5, 5.41) is 8.62. The molecule has 4 nitrogen and oxygen atoms in total. The molecule has 0 heterocycles. The molecule has 0 aliphatic heterocycles. The predicted molar refractivity (Wildman–Crippen MR) is 79.0 cm³/mol. The number of aliphatic carboxylic acids is 1. The van der Waals surface area contributed by atoms with Crippen molar-refractivity contribution in [1.29, 1.82) is 0 Å². The Balaban J connectivity index is 2.15. The molecule has 1 rings (SSSR count). The minimum Gasteiger partial charge on any atom is -0.494 e. The number of benzene rings is 1. The zero-order chi connectivity index (χ0) is 14.3. The van der Waals surface area contributed by atoms with Crippen LogP contribution in [0.4, 0.5) is 0 Å². The first-order chi connectivity index (χ1) is 8.99. The molecule has 1 aromatic carbocycles. The summed E-state index contributed by atoms with van der Waals surface area (Å²) in [6.07, 6.45) is 0.879. The monoisotopic (exact) mass is 283 g/mol. The lowest BCUT2D eigenvalue weighted by Gasteiger charge is -2.09. The standard InChI is InChI=1S/C14H21NO3S/c1-10-6-11(2)8-12(7-10)18-4-3-5-19-9-13(15)14(16)17/h6-8,13H,3-5,9,15H2,1-2H3,(H,16,17)/t13-/m0/s1. The highest BCUT2D eigenvalue weighted by Gasteiger charge is 2.10. The lowest BCUT2D eigenvalue weighted by Crippen LogP contribution is -2.32. The molecule has 0 aromatic heterocycles. The zero-order valence-electron chi connectivity index (χ0n) is 11.4. The molecule has 19 heavy (non-hydrogen) atoms. The number of carboxylic acid groups (broad SMARTS) is 1. The van der Waals surface area contributed by atoms with Crippen molar-refractivity contribution in [2.75, 3.05) is 18.1 Å². The summed E-state index contributed by atoms with van der Waals surface area (Å²) in [6.45, 7) is 4.73. The van der Waals surface area contributed by atoms with Gasteiger partial charge >= 0.3 is 5.97 Å². The zero-order valence-corrected chi connectivity index (χ0v) is 12.2. The smallest absolute Gasteiger partial charge is 0.321 e. The van der Waals surface area contributed by atoms with Crippen LogP contribution >= 0.6 is 11.8 Å². The van der Waals surface area contributed by atoms with Gasteiger partial charge in [0.15, 0.2) is 0 Å². The minimum absolute atomic E-state index is 0.443. The summed E-state index contributed by atoms with van der Waals surface area (Å²) in [4.78, 5) is 10.5. The lowest BCUT2D eigenvalue weighted by molar-refractivity contribution is -0.137. The van der Waals surface area contributed by atoms with E-state index in [2.05, 4.69) is 6.07 Å². The average Bonchev–Trinajstić information content (AvgIpc) is 2.31. The molecule has 0 aliphatic rings. The van der Waals surface area contributed by atoms with Gasteiger partial charge in [-0.05, 0) is 49.3 Å². The van der Waals surface area contributed by atoms with Crippen LogP contribution in [0.1, 0.15) is 17.5 Å². The number of nitrogens with two attached hydrogens (primary N) is 1. The third-order valence-electron chi connectivity index (χ3n) is 2.51. The van der Waals surface area contributed by atoms with E-state index in [1.54, 1.807) is 11.8 Å². The summed E-state index contributed by atoms with van der Waals surface area (Å²) in [7, 11) is 0. The fourth-order valence-electron chi connectivity index (χ4n) is 1.65. The first-order valence-electron chi connectivity index (χ1n) is 6.26. The highest BCUT2D eigenvalue weighted by atomic mass is 32.2. The topological polar surface area (TPSA) is 72.5 Å². The fraction of sp³-hybridized carbons (Fsp3) is 0.500. The summed E-state index contributed by atoms with van der Waals surface area (Å²) in [5.74, 6) is 1.24. The van der Waals surface area contributed by atoms with Crippen LogP contribution in [0.25, 0.3) is 0 Å². The Hall–Kier alpha value is -1.20. The van der Waals surface area contributed by atoms with Crippen molar-refractivity contribution >= 4 is 17.7 Å². The number of hydrogen-bond donors (Lipinski definition) is 2. The Labute approximate surface area is 118 Å². The second-order valence-corrected chi connectivity index (χ2v) is 5.69. The van der Waals surface area contributed by atoms with Crippen LogP contribution in [-0.4, -0.2) is 35.2 Å². The Kier molecular flexibility index (Phi) is 6.73. The van der Waals surface area contributed by atoms with Crippen molar-refractivity contribution in [2.45, 2.75) is 26.3 Å². The molecule has 0 radical (unpaired) electrons. The van der Waals surface area contributed by atoms with Gasteiger partial charge in [0.25, 0.3) is 0 Å². The van der Waals surface area contributed by atoms with Crippen molar-refractivity contribution in [1.82, 2.24) is 0 Å². The number of thioether (sulfide) groups is 1. The molecule has 3 N–H and O–H groups in total. The first kappa shape index (κ1) is 15.9. The number of rotatable bonds is 8. The minimum atomic E-state index is -0.945. The molecule has 106 valence electrons. The van der Waals surface area contributed by atoms with E-state index in [9.17, 15) is 4.79 Å². The largest absolute Gasteiger partial charge is 0.494 e. The SMILES string of the molecule is Cc1cc(C)cc(OCCCSC[C@H](N)C(=O)O)c1. The van der Waals surface area contributed by atoms with E-state index in [-0.39, 0.29) is 0 Å². The maximum Gasteiger partial charge on any atom is 0.321 e. The van der Waals surface area contributed by atoms with Gasteiger partial charge in [-0.25, -0.2) is 0 Å². The summed E-state index contributed by atoms with van der Waals surface area (Å²) < 4.78 is 5.66. The average molecular weight is 283 g/mol. The van der Waals surface area contributed by atoms with Crippen molar-refractivity contribution < 1.29 is 14.6 Å². The summed E-state index contributed by atoms with van der Waals surface area (Å²) in [6, 6.07) is 5.36. The first-order valence-corrected chi connectivity index (χ1v) is 7.41. The van der Waals surface area contributed by atoms with Gasteiger partial charge in [-0.2, -0.15) is 11.8 Å². The molecule has 0 saturated heterocycles. The van der Waals surface area contributed by atoms with Gasteiger partial charge < -0.3 is 15.6 Å². The Morgan fingerprint density at radius 3 is 2.58 bits per heavy atom. The number of carboxylic acids is 1. The van der Waals surface area contributed by atoms with Gasteiger partial charge in [0.2, 0.25) is 0 Å². The van der Waals surface area contributed by atoms with E-state index in [1.807, 2.05) is 26.0 Å². The van der Waals surface area contributed by atoms with Crippen molar-refractivity contribution in [3.05, 3.63) is 29.3 Å². The van der Waals surface area contributed by atoms with Gasteiger partial charge in [-0.3, -0.25) is 4.79 Å². The van der Waals surface area contributed by atoms with E-state index in [0.29, 0.717) is 12.4 Å². The molecular formula is C14H21NO3S. The maximum absolute atomic E-state index is 10.5. The summed E-state index contributed by atoms with van der Waals surface area (Å²) in [5.41, 5.74) is 7.79. The Bertz CT molecular complexity index is 403. The molecular weight excluding hydrogens is 262 g/mol. The molecule has 1 atom stereocenters. The molecule has 0 saturated carbocycles. The van der Waals surface area contributed by atoms with Gasteiger partial charge in [0.05, 0.1) is 6.61 Å². The number of aryl methyl sites for hydroxylation is 2. The molecule has 0 spiro atoms. The van der Waals surface area contributed by atoms with Crippen molar-refractivity contribution in [3.63, 3.8) is 0 Å². The molecule has 0 bridgehead atoms. The van der Waals surface area contributed by atoms with Gasteiger partial charge in [-0.1, -0.05) is 6.07 Å². The molecule has 0 aliphatic carbocycles. The van der Waals surface area contributed by atoms with Crippen molar-refractivity contribution in [2.24, 2.45) is 5.73 Å². The number of hydrogen-bond acceptors (Lipinski definition) is 4.